The fourth-order valence-corrected chi connectivity index (χ4v) is 2.90. The van der Waals surface area contributed by atoms with Gasteiger partial charge < -0.3 is 9.47 Å². The Kier molecular flexibility index (Phi) is 3.38. The van der Waals surface area contributed by atoms with Crippen LogP contribution in [0.25, 0.3) is 0 Å². The highest BCUT2D eigenvalue weighted by atomic mass is 15.2. The van der Waals surface area contributed by atoms with Crippen molar-refractivity contribution in [2.24, 2.45) is 7.05 Å². The van der Waals surface area contributed by atoms with Crippen LogP contribution in [0.15, 0.2) is 18.3 Å². The topological polar surface area (TPSA) is 57.7 Å². The van der Waals surface area contributed by atoms with Gasteiger partial charge in [-0.25, -0.2) is 9.97 Å². The first-order valence-corrected chi connectivity index (χ1v) is 7.25. The number of nitrogens with zero attached hydrogens (tertiary/aromatic N) is 5. The van der Waals surface area contributed by atoms with E-state index in [1.54, 1.807) is 6.20 Å². The highest BCUT2D eigenvalue weighted by Gasteiger charge is 2.24. The Morgan fingerprint density at radius 3 is 2.76 bits per heavy atom. The number of fused-ring (bicyclic) bond motifs is 1. The van der Waals surface area contributed by atoms with E-state index >= 15 is 0 Å². The molecule has 0 saturated carbocycles. The molecule has 3 heterocycles. The molecule has 0 bridgehead atoms. The summed E-state index contributed by atoms with van der Waals surface area (Å²) in [6.07, 6.45) is 2.61. The Morgan fingerprint density at radius 2 is 2.14 bits per heavy atom. The van der Waals surface area contributed by atoms with E-state index in [-0.39, 0.29) is 0 Å². The molecule has 2 aromatic rings. The van der Waals surface area contributed by atoms with Crippen molar-refractivity contribution in [1.29, 1.82) is 5.26 Å². The second kappa shape index (κ2) is 5.21. The summed E-state index contributed by atoms with van der Waals surface area (Å²) in [4.78, 5) is 11.4. The van der Waals surface area contributed by atoms with Gasteiger partial charge in [0.05, 0.1) is 17.8 Å². The van der Waals surface area contributed by atoms with Crippen LogP contribution in [0.3, 0.4) is 0 Å². The van der Waals surface area contributed by atoms with Gasteiger partial charge in [-0.2, -0.15) is 5.26 Å². The molecular formula is C16H19N5. The molecule has 5 heteroatoms. The van der Waals surface area contributed by atoms with Crippen molar-refractivity contribution < 1.29 is 0 Å². The first kappa shape index (κ1) is 13.6. The van der Waals surface area contributed by atoms with E-state index in [0.717, 1.165) is 36.8 Å². The summed E-state index contributed by atoms with van der Waals surface area (Å²) in [5.41, 5.74) is 3.08. The number of anilines is 1. The minimum atomic E-state index is 0.432. The summed E-state index contributed by atoms with van der Waals surface area (Å²) in [7, 11) is 2.11. The molecule has 5 nitrogen and oxygen atoms in total. The molecule has 0 saturated heterocycles. The Morgan fingerprint density at radius 1 is 1.33 bits per heavy atom. The lowest BCUT2D eigenvalue weighted by Crippen LogP contribution is -2.31. The molecule has 3 rings (SSSR count). The molecular weight excluding hydrogens is 262 g/mol. The second-order valence-electron chi connectivity index (χ2n) is 5.77. The summed E-state index contributed by atoms with van der Waals surface area (Å²) < 4.78 is 2.24. The number of aromatic nitrogens is 3. The first-order chi connectivity index (χ1) is 10.1. The van der Waals surface area contributed by atoms with Crippen LogP contribution in [0.2, 0.25) is 0 Å². The zero-order valence-corrected chi connectivity index (χ0v) is 12.7. The van der Waals surface area contributed by atoms with E-state index in [9.17, 15) is 0 Å². The van der Waals surface area contributed by atoms with E-state index in [1.165, 1.54) is 5.69 Å². The lowest BCUT2D eigenvalue weighted by Gasteiger charge is -2.27. The van der Waals surface area contributed by atoms with Gasteiger partial charge in [0.25, 0.3) is 0 Å². The third-order valence-corrected chi connectivity index (χ3v) is 4.01. The van der Waals surface area contributed by atoms with Crippen LogP contribution < -0.4 is 4.90 Å². The SMILES string of the molecule is CC(C)c1nc2c(n1C)CCN(c1ccc(C#N)cn1)C2. The van der Waals surface area contributed by atoms with Crippen molar-refractivity contribution in [1.82, 2.24) is 14.5 Å². The minimum Gasteiger partial charge on any atom is -0.350 e. The molecule has 0 aromatic carbocycles. The maximum atomic E-state index is 8.84. The fourth-order valence-electron chi connectivity index (χ4n) is 2.90. The van der Waals surface area contributed by atoms with Crippen molar-refractivity contribution in [2.45, 2.75) is 32.7 Å². The minimum absolute atomic E-state index is 0.432. The molecule has 108 valence electrons. The molecule has 0 spiro atoms. The van der Waals surface area contributed by atoms with Crippen LogP contribution >= 0.6 is 0 Å². The maximum Gasteiger partial charge on any atom is 0.128 e. The molecule has 0 N–H and O–H groups in total. The lowest BCUT2D eigenvalue weighted by atomic mass is 10.1. The summed E-state index contributed by atoms with van der Waals surface area (Å²) in [6, 6.07) is 5.83. The van der Waals surface area contributed by atoms with E-state index in [2.05, 4.69) is 41.4 Å². The Hall–Kier alpha value is -2.35. The van der Waals surface area contributed by atoms with Crippen LogP contribution in [0, 0.1) is 11.3 Å². The molecule has 2 aromatic heterocycles. The van der Waals surface area contributed by atoms with Crippen LogP contribution in [0.5, 0.6) is 0 Å². The van der Waals surface area contributed by atoms with Crippen LogP contribution in [-0.4, -0.2) is 21.1 Å². The number of hydrogen-bond donors (Lipinski definition) is 0. The van der Waals surface area contributed by atoms with Crippen molar-refractivity contribution in [3.8, 4) is 6.07 Å². The highest BCUT2D eigenvalue weighted by molar-refractivity contribution is 5.44. The van der Waals surface area contributed by atoms with Gasteiger partial charge >= 0.3 is 0 Å². The van der Waals surface area contributed by atoms with Gasteiger partial charge in [-0.05, 0) is 12.1 Å². The molecule has 1 aliphatic rings. The number of pyridine rings is 1. The molecule has 0 unspecified atom stereocenters. The predicted octanol–water partition coefficient (Wildman–Crippen LogP) is 2.37. The number of imidazole rings is 1. The average molecular weight is 281 g/mol. The predicted molar refractivity (Wildman–Crippen MR) is 81.0 cm³/mol. The third-order valence-electron chi connectivity index (χ3n) is 4.01. The molecule has 21 heavy (non-hydrogen) atoms. The van der Waals surface area contributed by atoms with E-state index in [1.807, 2.05) is 12.1 Å². The summed E-state index contributed by atoms with van der Waals surface area (Å²) in [6.45, 7) is 6.07. The fraction of sp³-hybridized carbons (Fsp3) is 0.438. The maximum absolute atomic E-state index is 8.84. The van der Waals surface area contributed by atoms with Gasteiger partial charge in [0, 0.05) is 37.8 Å². The van der Waals surface area contributed by atoms with Gasteiger partial charge in [0.15, 0.2) is 0 Å². The molecule has 1 aliphatic heterocycles. The molecule has 0 atom stereocenters. The Bertz CT molecular complexity index is 691. The molecule has 0 aliphatic carbocycles. The van der Waals surface area contributed by atoms with Crippen molar-refractivity contribution >= 4 is 5.82 Å². The quantitative estimate of drug-likeness (QED) is 0.848. The normalized spacial score (nSPS) is 14.1. The zero-order chi connectivity index (χ0) is 15.0. The number of hydrogen-bond acceptors (Lipinski definition) is 4. The third kappa shape index (κ3) is 2.38. The van der Waals surface area contributed by atoms with Gasteiger partial charge in [-0.15, -0.1) is 0 Å². The van der Waals surface area contributed by atoms with Crippen LogP contribution in [0.4, 0.5) is 5.82 Å². The van der Waals surface area contributed by atoms with Crippen molar-refractivity contribution in [3.63, 3.8) is 0 Å². The van der Waals surface area contributed by atoms with Gasteiger partial charge in [-0.3, -0.25) is 0 Å². The number of nitriles is 1. The highest BCUT2D eigenvalue weighted by Crippen LogP contribution is 2.25. The summed E-state index contributed by atoms with van der Waals surface area (Å²) in [5.74, 6) is 2.49. The Labute approximate surface area is 124 Å². The second-order valence-corrected chi connectivity index (χ2v) is 5.77. The first-order valence-electron chi connectivity index (χ1n) is 7.25. The monoisotopic (exact) mass is 281 g/mol. The number of rotatable bonds is 2. The summed E-state index contributed by atoms with van der Waals surface area (Å²) in [5, 5.41) is 8.84. The van der Waals surface area contributed by atoms with Crippen LogP contribution in [0.1, 0.15) is 42.5 Å². The van der Waals surface area contributed by atoms with Gasteiger partial charge in [0.2, 0.25) is 0 Å². The summed E-state index contributed by atoms with van der Waals surface area (Å²) >= 11 is 0. The van der Waals surface area contributed by atoms with Crippen LogP contribution in [-0.2, 0) is 20.0 Å². The zero-order valence-electron chi connectivity index (χ0n) is 12.7. The van der Waals surface area contributed by atoms with E-state index in [0.29, 0.717) is 11.5 Å². The largest absolute Gasteiger partial charge is 0.350 e. The van der Waals surface area contributed by atoms with Gasteiger partial charge in [0.1, 0.15) is 17.7 Å². The van der Waals surface area contributed by atoms with E-state index in [4.69, 9.17) is 10.2 Å². The van der Waals surface area contributed by atoms with Gasteiger partial charge in [-0.1, -0.05) is 13.8 Å². The standard InChI is InChI=1S/C16H19N5/c1-11(2)16-19-13-10-21(7-6-14(13)20(16)3)15-5-4-12(8-17)9-18-15/h4-5,9,11H,6-7,10H2,1-3H3. The molecule has 0 radical (unpaired) electrons. The van der Waals surface area contributed by atoms with E-state index < -0.39 is 0 Å². The van der Waals surface area contributed by atoms with Crippen molar-refractivity contribution in [2.75, 3.05) is 11.4 Å². The Balaban J connectivity index is 1.87. The average Bonchev–Trinajstić information content (AvgIpc) is 2.84. The molecule has 0 amide bonds. The van der Waals surface area contributed by atoms with Crippen molar-refractivity contribution in [3.05, 3.63) is 41.1 Å². The smallest absolute Gasteiger partial charge is 0.128 e. The lowest BCUT2D eigenvalue weighted by molar-refractivity contribution is 0.659. The molecule has 0 fully saturated rings.